The smallest absolute Gasteiger partial charge is 0.0644 e. The molecule has 0 aromatic rings. The Morgan fingerprint density at radius 3 is 1.52 bits per heavy atom. The van der Waals surface area contributed by atoms with Gasteiger partial charge in [-0.05, 0) is 58.8 Å². The van der Waals surface area contributed by atoms with E-state index in [4.69, 9.17) is 0 Å². The predicted octanol–water partition coefficient (Wildman–Crippen LogP) is -0.969. The van der Waals surface area contributed by atoms with Crippen molar-refractivity contribution in [2.75, 3.05) is 52.4 Å². The second kappa shape index (κ2) is 11.3. The lowest BCUT2D eigenvalue weighted by Gasteiger charge is -2.24. The number of rotatable bonds is 0. The van der Waals surface area contributed by atoms with Crippen LogP contribution < -0.4 is 21.3 Å². The first-order valence-electron chi connectivity index (χ1n) is 8.33. The van der Waals surface area contributed by atoms with Gasteiger partial charge in [-0.2, -0.15) is 0 Å². The summed E-state index contributed by atoms with van der Waals surface area (Å²) in [4.78, 5) is 0. The van der Waals surface area contributed by atoms with Crippen LogP contribution in [0.4, 0.5) is 0 Å². The van der Waals surface area contributed by atoms with Gasteiger partial charge in [-0.1, -0.05) is 0 Å². The number of nitrogens with one attached hydrogen (secondary N) is 4. The molecular weight excluding hydrogens is 268 g/mol. The summed E-state index contributed by atoms with van der Waals surface area (Å²) in [6, 6.07) is 0. The van der Waals surface area contributed by atoms with Gasteiger partial charge in [0.1, 0.15) is 0 Å². The van der Waals surface area contributed by atoms with Gasteiger partial charge in [-0.25, -0.2) is 0 Å². The van der Waals surface area contributed by atoms with Crippen molar-refractivity contribution in [3.63, 3.8) is 0 Å². The average Bonchev–Trinajstić information content (AvgIpc) is 2.43. The fourth-order valence-electron chi connectivity index (χ4n) is 2.38. The first-order valence-corrected chi connectivity index (χ1v) is 8.33. The maximum atomic E-state index is 10.3. The summed E-state index contributed by atoms with van der Waals surface area (Å²) in [6.07, 6.45) is 2.92. The van der Waals surface area contributed by atoms with Crippen LogP contribution in [0.25, 0.3) is 0 Å². The molecule has 6 N–H and O–H groups in total. The van der Waals surface area contributed by atoms with Crippen molar-refractivity contribution in [3.05, 3.63) is 0 Å². The van der Waals surface area contributed by atoms with Gasteiger partial charge < -0.3 is 31.5 Å². The van der Waals surface area contributed by atoms with E-state index < -0.39 is 5.60 Å². The van der Waals surface area contributed by atoms with E-state index in [1.807, 2.05) is 6.92 Å². The van der Waals surface area contributed by atoms with Gasteiger partial charge in [-0.15, -0.1) is 0 Å². The van der Waals surface area contributed by atoms with Crippen molar-refractivity contribution >= 4 is 0 Å². The van der Waals surface area contributed by atoms with Gasteiger partial charge in [0.15, 0.2) is 0 Å². The summed E-state index contributed by atoms with van der Waals surface area (Å²) in [5, 5.41) is 33.4. The third-order valence-corrected chi connectivity index (χ3v) is 3.95. The zero-order chi connectivity index (χ0) is 15.4. The van der Waals surface area contributed by atoms with Crippen LogP contribution in [0.1, 0.15) is 32.6 Å². The molecule has 1 fully saturated rings. The van der Waals surface area contributed by atoms with Crippen molar-refractivity contribution in [1.29, 1.82) is 0 Å². The molecule has 6 heteroatoms. The molecule has 0 radical (unpaired) electrons. The molecule has 1 aliphatic heterocycles. The summed E-state index contributed by atoms with van der Waals surface area (Å²) in [5.41, 5.74) is -0.601. The normalized spacial score (nSPS) is 33.0. The van der Waals surface area contributed by atoms with Crippen molar-refractivity contribution in [2.24, 2.45) is 0 Å². The van der Waals surface area contributed by atoms with Gasteiger partial charge in [0.2, 0.25) is 0 Å². The van der Waals surface area contributed by atoms with E-state index in [0.717, 1.165) is 78.0 Å². The summed E-state index contributed by atoms with van der Waals surface area (Å²) in [6.45, 7) is 8.86. The zero-order valence-electron chi connectivity index (χ0n) is 13.5. The molecule has 1 saturated heterocycles. The summed E-state index contributed by atoms with van der Waals surface area (Å²) >= 11 is 0. The minimum atomic E-state index is -0.601. The average molecular weight is 302 g/mol. The van der Waals surface area contributed by atoms with Crippen LogP contribution in [0.2, 0.25) is 0 Å². The topological polar surface area (TPSA) is 88.6 Å². The highest BCUT2D eigenvalue weighted by Crippen LogP contribution is 2.12. The molecule has 0 bridgehead atoms. The fraction of sp³-hybridized carbons (Fsp3) is 1.00. The Hall–Kier alpha value is -0.240. The molecule has 0 aromatic carbocycles. The van der Waals surface area contributed by atoms with Gasteiger partial charge in [0, 0.05) is 26.2 Å². The van der Waals surface area contributed by atoms with E-state index in [0.29, 0.717) is 0 Å². The number of hydrogen-bond acceptors (Lipinski definition) is 6. The van der Waals surface area contributed by atoms with Gasteiger partial charge in [-0.3, -0.25) is 0 Å². The highest BCUT2D eigenvalue weighted by atomic mass is 16.3. The molecule has 0 amide bonds. The largest absolute Gasteiger partial charge is 0.393 e. The lowest BCUT2D eigenvalue weighted by atomic mass is 9.98. The van der Waals surface area contributed by atoms with Crippen LogP contribution in [0.15, 0.2) is 0 Å². The lowest BCUT2D eigenvalue weighted by molar-refractivity contribution is 0.0427. The lowest BCUT2D eigenvalue weighted by Crippen LogP contribution is -2.37. The molecular formula is C15H34N4O2. The van der Waals surface area contributed by atoms with Crippen LogP contribution in [-0.2, 0) is 0 Å². The molecule has 126 valence electrons. The van der Waals surface area contributed by atoms with Crippen LogP contribution in [0.3, 0.4) is 0 Å². The number of aliphatic hydroxyl groups excluding tert-OH is 1. The number of aliphatic hydroxyl groups is 2. The molecule has 0 aromatic heterocycles. The number of hydrogen-bond donors (Lipinski definition) is 6. The monoisotopic (exact) mass is 302 g/mol. The molecule has 0 spiro atoms. The Labute approximate surface area is 129 Å². The highest BCUT2D eigenvalue weighted by molar-refractivity contribution is 4.75. The first-order chi connectivity index (χ1) is 10.1. The summed E-state index contributed by atoms with van der Waals surface area (Å²) in [5.74, 6) is 0. The molecule has 0 unspecified atom stereocenters. The maximum Gasteiger partial charge on any atom is 0.0644 e. The second-order valence-corrected chi connectivity index (χ2v) is 6.23. The third-order valence-electron chi connectivity index (χ3n) is 3.95. The molecule has 1 rings (SSSR count). The molecule has 0 aliphatic carbocycles. The van der Waals surface area contributed by atoms with E-state index >= 15 is 0 Å². The predicted molar refractivity (Wildman–Crippen MR) is 86.6 cm³/mol. The van der Waals surface area contributed by atoms with Gasteiger partial charge >= 0.3 is 0 Å². The third kappa shape index (κ3) is 11.0. The molecule has 0 saturated carbocycles. The summed E-state index contributed by atoms with van der Waals surface area (Å²) < 4.78 is 0. The zero-order valence-corrected chi connectivity index (χ0v) is 13.5. The van der Waals surface area contributed by atoms with E-state index in [1.54, 1.807) is 0 Å². The first kappa shape index (κ1) is 18.8. The highest BCUT2D eigenvalue weighted by Gasteiger charge is 2.18. The minimum Gasteiger partial charge on any atom is -0.393 e. The van der Waals surface area contributed by atoms with Gasteiger partial charge in [0.25, 0.3) is 0 Å². The van der Waals surface area contributed by atoms with Crippen molar-refractivity contribution in [3.8, 4) is 0 Å². The maximum absolute atomic E-state index is 10.3. The van der Waals surface area contributed by atoms with Crippen molar-refractivity contribution in [2.45, 2.75) is 44.3 Å². The van der Waals surface area contributed by atoms with E-state index in [-0.39, 0.29) is 6.10 Å². The molecule has 21 heavy (non-hydrogen) atoms. The Morgan fingerprint density at radius 2 is 1.10 bits per heavy atom. The molecule has 1 heterocycles. The second-order valence-electron chi connectivity index (χ2n) is 6.23. The van der Waals surface area contributed by atoms with E-state index in [1.165, 1.54) is 0 Å². The standard InChI is InChI=1S/C15H34N4O2/c1-15(21)4-8-18-12-10-16-6-2-14(20)3-7-17-11-13-19-9-5-15/h14,16-21H,2-13H2,1H3. The van der Waals surface area contributed by atoms with Crippen molar-refractivity contribution < 1.29 is 10.2 Å². The van der Waals surface area contributed by atoms with Crippen LogP contribution in [0.5, 0.6) is 0 Å². The fourth-order valence-corrected chi connectivity index (χ4v) is 2.38. The quantitative estimate of drug-likeness (QED) is 0.345. The molecule has 6 nitrogen and oxygen atoms in total. The molecule has 0 atom stereocenters. The minimum absolute atomic E-state index is 0.222. The summed E-state index contributed by atoms with van der Waals surface area (Å²) in [7, 11) is 0. The molecule has 1 aliphatic rings. The Balaban J connectivity index is 2.24. The van der Waals surface area contributed by atoms with Crippen molar-refractivity contribution in [1.82, 2.24) is 21.3 Å². The Kier molecular flexibility index (Phi) is 10.2. The van der Waals surface area contributed by atoms with E-state index in [2.05, 4.69) is 21.3 Å². The van der Waals surface area contributed by atoms with Crippen LogP contribution in [0, 0.1) is 0 Å². The SMILES string of the molecule is CC1(O)CCNCCNCCC(O)CCNCCNCC1. The Bertz CT molecular complexity index is 230. The Morgan fingerprint density at radius 1 is 0.714 bits per heavy atom. The van der Waals surface area contributed by atoms with E-state index in [9.17, 15) is 10.2 Å². The van der Waals surface area contributed by atoms with Gasteiger partial charge in [0.05, 0.1) is 11.7 Å². The van der Waals surface area contributed by atoms with Crippen LogP contribution >= 0.6 is 0 Å². The van der Waals surface area contributed by atoms with Crippen LogP contribution in [-0.4, -0.2) is 74.3 Å².